The van der Waals surface area contributed by atoms with Crippen LogP contribution in [0, 0.1) is 0 Å². The summed E-state index contributed by atoms with van der Waals surface area (Å²) < 4.78 is 6.28. The molecule has 0 aliphatic heterocycles. The van der Waals surface area contributed by atoms with E-state index in [4.69, 9.17) is 16.0 Å². The summed E-state index contributed by atoms with van der Waals surface area (Å²) in [6.07, 6.45) is 0. The van der Waals surface area contributed by atoms with E-state index in [0.717, 1.165) is 9.21 Å². The second kappa shape index (κ2) is 5.69. The summed E-state index contributed by atoms with van der Waals surface area (Å²) >= 11 is 7.44. The van der Waals surface area contributed by atoms with Crippen molar-refractivity contribution in [2.45, 2.75) is 25.9 Å². The van der Waals surface area contributed by atoms with E-state index in [1.165, 1.54) is 11.3 Å². The van der Waals surface area contributed by atoms with E-state index in [9.17, 15) is 0 Å². The quantitative estimate of drug-likeness (QED) is 0.883. The Balaban J connectivity index is 2.03. The Bertz CT molecular complexity index is 513. The van der Waals surface area contributed by atoms with Crippen molar-refractivity contribution in [2.75, 3.05) is 12.4 Å². The number of nitrogens with one attached hydrogen (secondary N) is 2. The van der Waals surface area contributed by atoms with Crippen LogP contribution in [0.1, 0.15) is 36.7 Å². The van der Waals surface area contributed by atoms with Crippen LogP contribution >= 0.6 is 22.9 Å². The van der Waals surface area contributed by atoms with Gasteiger partial charge in [-0.05, 0) is 33.0 Å². The van der Waals surface area contributed by atoms with Gasteiger partial charge in [-0.2, -0.15) is 0 Å². The monoisotopic (exact) mass is 286 g/mol. The number of halogens is 1. The molecule has 18 heavy (non-hydrogen) atoms. The van der Waals surface area contributed by atoms with Gasteiger partial charge in [0.25, 0.3) is 0 Å². The Morgan fingerprint density at radius 2 is 2.06 bits per heavy atom. The Labute approximate surface area is 115 Å². The van der Waals surface area contributed by atoms with Gasteiger partial charge >= 0.3 is 6.01 Å². The Hall–Kier alpha value is -1.11. The van der Waals surface area contributed by atoms with Crippen LogP contribution in [0.5, 0.6) is 0 Å². The van der Waals surface area contributed by atoms with Crippen molar-refractivity contribution in [3.63, 3.8) is 0 Å². The van der Waals surface area contributed by atoms with E-state index in [1.54, 1.807) is 0 Å². The highest BCUT2D eigenvalue weighted by molar-refractivity contribution is 7.16. The van der Waals surface area contributed by atoms with Crippen LogP contribution in [-0.2, 0) is 0 Å². The van der Waals surface area contributed by atoms with E-state index in [1.807, 2.05) is 33.0 Å². The van der Waals surface area contributed by atoms with Crippen LogP contribution in [0.2, 0.25) is 4.34 Å². The number of hydrogen-bond acceptors (Lipinski definition) is 6. The smallest absolute Gasteiger partial charge is 0.316 e. The van der Waals surface area contributed by atoms with Gasteiger partial charge in [0.15, 0.2) is 0 Å². The van der Waals surface area contributed by atoms with Crippen LogP contribution in [0.4, 0.5) is 6.01 Å². The predicted octanol–water partition coefficient (Wildman–Crippen LogP) is 3.24. The maximum Gasteiger partial charge on any atom is 0.316 e. The van der Waals surface area contributed by atoms with Gasteiger partial charge in [0.2, 0.25) is 5.89 Å². The predicted molar refractivity (Wildman–Crippen MR) is 73.1 cm³/mol. The van der Waals surface area contributed by atoms with Crippen molar-refractivity contribution in [1.29, 1.82) is 0 Å². The summed E-state index contributed by atoms with van der Waals surface area (Å²) in [6, 6.07) is 4.41. The van der Waals surface area contributed by atoms with Gasteiger partial charge in [-0.25, -0.2) is 0 Å². The first-order valence-electron chi connectivity index (χ1n) is 5.62. The average molecular weight is 287 g/mol. The van der Waals surface area contributed by atoms with Gasteiger partial charge in [0, 0.05) is 4.88 Å². The maximum atomic E-state index is 5.90. The minimum atomic E-state index is 0.0412. The van der Waals surface area contributed by atoms with Gasteiger partial charge in [-0.3, -0.25) is 0 Å². The zero-order chi connectivity index (χ0) is 13.1. The molecule has 0 fully saturated rings. The lowest BCUT2D eigenvalue weighted by atomic mass is 10.3. The van der Waals surface area contributed by atoms with Crippen molar-refractivity contribution < 1.29 is 4.42 Å². The molecule has 2 N–H and O–H groups in total. The molecule has 0 spiro atoms. The third-order valence-electron chi connectivity index (χ3n) is 2.60. The SMILES string of the molecule is CNC(C)c1nnc(NC(C)c2ccc(Cl)s2)o1. The zero-order valence-electron chi connectivity index (χ0n) is 10.4. The molecule has 0 saturated carbocycles. The molecular weight excluding hydrogens is 272 g/mol. The minimum absolute atomic E-state index is 0.0412. The van der Waals surface area contributed by atoms with Gasteiger partial charge < -0.3 is 15.1 Å². The number of aromatic nitrogens is 2. The van der Waals surface area contributed by atoms with Crippen LogP contribution in [0.3, 0.4) is 0 Å². The van der Waals surface area contributed by atoms with Gasteiger partial charge in [-0.1, -0.05) is 16.7 Å². The highest BCUT2D eigenvalue weighted by Crippen LogP contribution is 2.28. The third kappa shape index (κ3) is 3.01. The van der Waals surface area contributed by atoms with E-state index in [-0.39, 0.29) is 12.1 Å². The first-order valence-corrected chi connectivity index (χ1v) is 6.82. The van der Waals surface area contributed by atoms with E-state index >= 15 is 0 Å². The Morgan fingerprint density at radius 1 is 1.28 bits per heavy atom. The molecule has 0 saturated heterocycles. The van der Waals surface area contributed by atoms with Crippen molar-refractivity contribution in [1.82, 2.24) is 15.5 Å². The van der Waals surface area contributed by atoms with Crippen molar-refractivity contribution >= 4 is 29.0 Å². The summed E-state index contributed by atoms with van der Waals surface area (Å²) in [6.45, 7) is 3.98. The molecule has 2 unspecified atom stereocenters. The van der Waals surface area contributed by atoms with E-state index < -0.39 is 0 Å². The maximum absolute atomic E-state index is 5.90. The van der Waals surface area contributed by atoms with Gasteiger partial charge in [0.1, 0.15) is 0 Å². The summed E-state index contributed by atoms with van der Waals surface area (Å²) in [5.74, 6) is 0.566. The Kier molecular flexibility index (Phi) is 4.21. The van der Waals surface area contributed by atoms with Crippen LogP contribution in [-0.4, -0.2) is 17.2 Å². The third-order valence-corrected chi connectivity index (χ3v) is 4.02. The molecular formula is C11H15ClN4OS. The number of rotatable bonds is 5. The molecule has 98 valence electrons. The second-order valence-corrected chi connectivity index (χ2v) is 5.71. The normalized spacial score (nSPS) is 14.4. The molecule has 7 heteroatoms. The molecule has 0 aliphatic carbocycles. The number of thiophene rings is 1. The average Bonchev–Trinajstić information content (AvgIpc) is 2.97. The van der Waals surface area contributed by atoms with Crippen LogP contribution < -0.4 is 10.6 Å². The van der Waals surface area contributed by atoms with Crippen molar-refractivity contribution in [2.24, 2.45) is 0 Å². The highest BCUT2D eigenvalue weighted by Gasteiger charge is 2.15. The first kappa shape index (κ1) is 13.3. The van der Waals surface area contributed by atoms with Crippen molar-refractivity contribution in [3.05, 3.63) is 27.2 Å². The summed E-state index contributed by atoms with van der Waals surface area (Å²) in [7, 11) is 1.85. The minimum Gasteiger partial charge on any atom is -0.406 e. The number of anilines is 1. The largest absolute Gasteiger partial charge is 0.406 e. The molecule has 5 nitrogen and oxygen atoms in total. The fourth-order valence-corrected chi connectivity index (χ4v) is 2.47. The molecule has 0 amide bonds. The lowest BCUT2D eigenvalue weighted by Gasteiger charge is -2.09. The van der Waals surface area contributed by atoms with Crippen molar-refractivity contribution in [3.8, 4) is 0 Å². The summed E-state index contributed by atoms with van der Waals surface area (Å²) in [4.78, 5) is 1.13. The fourth-order valence-electron chi connectivity index (χ4n) is 1.41. The molecule has 0 aliphatic rings. The molecule has 2 aromatic heterocycles. The van der Waals surface area contributed by atoms with Gasteiger partial charge in [-0.15, -0.1) is 16.4 Å². The topological polar surface area (TPSA) is 63.0 Å². The van der Waals surface area contributed by atoms with E-state index in [0.29, 0.717) is 11.9 Å². The lowest BCUT2D eigenvalue weighted by Crippen LogP contribution is -2.12. The molecule has 2 heterocycles. The van der Waals surface area contributed by atoms with Crippen LogP contribution in [0.15, 0.2) is 16.5 Å². The number of nitrogens with zero attached hydrogens (tertiary/aromatic N) is 2. The molecule has 0 aromatic carbocycles. The zero-order valence-corrected chi connectivity index (χ0v) is 12.0. The van der Waals surface area contributed by atoms with Crippen LogP contribution in [0.25, 0.3) is 0 Å². The lowest BCUT2D eigenvalue weighted by molar-refractivity contribution is 0.439. The molecule has 0 radical (unpaired) electrons. The first-order chi connectivity index (χ1) is 8.60. The highest BCUT2D eigenvalue weighted by atomic mass is 35.5. The summed E-state index contributed by atoms with van der Waals surface area (Å²) in [5.41, 5.74) is 0. The van der Waals surface area contributed by atoms with E-state index in [2.05, 4.69) is 20.8 Å². The number of hydrogen-bond donors (Lipinski definition) is 2. The molecule has 2 rings (SSSR count). The molecule has 0 bridgehead atoms. The summed E-state index contributed by atoms with van der Waals surface area (Å²) in [5, 5.41) is 14.1. The molecule has 2 aromatic rings. The second-order valence-electron chi connectivity index (χ2n) is 3.96. The standard InChI is InChI=1S/C11H15ClN4OS/c1-6(8-4-5-9(12)18-8)14-11-16-15-10(17-11)7(2)13-3/h4-7,13H,1-3H3,(H,14,16). The fraction of sp³-hybridized carbons (Fsp3) is 0.455. The molecule has 2 atom stereocenters. The van der Waals surface area contributed by atoms with Gasteiger partial charge in [0.05, 0.1) is 16.4 Å². The Morgan fingerprint density at radius 3 is 2.67 bits per heavy atom.